The highest BCUT2D eigenvalue weighted by atomic mass is 32.2. The lowest BCUT2D eigenvalue weighted by atomic mass is 10.0. The van der Waals surface area contributed by atoms with E-state index in [1.807, 2.05) is 18.2 Å². The second-order valence-corrected chi connectivity index (χ2v) is 9.09. The Hall–Kier alpha value is -2.41. The molecule has 2 aromatic rings. The minimum absolute atomic E-state index is 0.0858. The first-order valence-electron chi connectivity index (χ1n) is 8.85. The largest absolute Gasteiger partial charge is 0.380 e. The Balaban J connectivity index is 1.48. The molecule has 0 saturated carbocycles. The molecule has 1 fully saturated rings. The van der Waals surface area contributed by atoms with Crippen molar-refractivity contribution in [3.63, 3.8) is 0 Å². The molecule has 1 saturated heterocycles. The molecule has 136 valence electrons. The van der Waals surface area contributed by atoms with Crippen LogP contribution in [0.3, 0.4) is 0 Å². The number of para-hydroxylation sites is 1. The predicted octanol–water partition coefficient (Wildman–Crippen LogP) is 2.27. The molecule has 0 radical (unpaired) electrons. The van der Waals surface area contributed by atoms with Crippen LogP contribution in [0, 0.1) is 0 Å². The summed E-state index contributed by atoms with van der Waals surface area (Å²) in [6.45, 7) is 0.692. The van der Waals surface area contributed by atoms with Crippen molar-refractivity contribution in [3.05, 3.63) is 53.9 Å². The molecular weight excluding hydrogens is 350 g/mol. The number of benzene rings is 1. The van der Waals surface area contributed by atoms with Crippen molar-refractivity contribution in [3.8, 4) is 0 Å². The van der Waals surface area contributed by atoms with Crippen LogP contribution in [-0.2, 0) is 16.3 Å². The zero-order valence-electron chi connectivity index (χ0n) is 14.4. The van der Waals surface area contributed by atoms with Gasteiger partial charge in [0.05, 0.1) is 23.4 Å². The van der Waals surface area contributed by atoms with Gasteiger partial charge >= 0.3 is 0 Å². The van der Waals surface area contributed by atoms with E-state index in [4.69, 9.17) is 0 Å². The van der Waals surface area contributed by atoms with E-state index in [0.717, 1.165) is 24.2 Å². The molecule has 2 aliphatic rings. The maximum absolute atomic E-state index is 12.9. The van der Waals surface area contributed by atoms with Gasteiger partial charge in [-0.25, -0.2) is 13.4 Å². The van der Waals surface area contributed by atoms with Crippen LogP contribution in [0.25, 0.3) is 0 Å². The van der Waals surface area contributed by atoms with Crippen LogP contribution in [0.5, 0.6) is 0 Å². The molecule has 1 atom stereocenters. The summed E-state index contributed by atoms with van der Waals surface area (Å²) < 4.78 is 23.1. The quantitative estimate of drug-likeness (QED) is 0.895. The number of nitrogens with one attached hydrogen (secondary N) is 1. The molecule has 26 heavy (non-hydrogen) atoms. The van der Waals surface area contributed by atoms with Gasteiger partial charge in [-0.05, 0) is 43.0 Å². The van der Waals surface area contributed by atoms with E-state index in [1.54, 1.807) is 23.2 Å². The van der Waals surface area contributed by atoms with Crippen LogP contribution in [0.4, 0.5) is 11.4 Å². The fraction of sp³-hybridized carbons (Fsp3) is 0.368. The first kappa shape index (κ1) is 17.0. The molecule has 1 amide bonds. The highest BCUT2D eigenvalue weighted by Crippen LogP contribution is 2.28. The average Bonchev–Trinajstić information content (AvgIpc) is 2.99. The van der Waals surface area contributed by atoms with Crippen molar-refractivity contribution >= 4 is 27.1 Å². The van der Waals surface area contributed by atoms with Gasteiger partial charge in [0, 0.05) is 18.3 Å². The monoisotopic (exact) mass is 371 g/mol. The first-order chi connectivity index (χ1) is 12.5. The summed E-state index contributed by atoms with van der Waals surface area (Å²) in [4.78, 5) is 19.0. The van der Waals surface area contributed by atoms with E-state index < -0.39 is 9.84 Å². The van der Waals surface area contributed by atoms with Crippen molar-refractivity contribution in [1.29, 1.82) is 0 Å². The zero-order valence-corrected chi connectivity index (χ0v) is 15.2. The number of rotatable bonds is 3. The van der Waals surface area contributed by atoms with Gasteiger partial charge in [-0.1, -0.05) is 18.2 Å². The number of hydrogen-bond donors (Lipinski definition) is 1. The molecule has 1 unspecified atom stereocenters. The van der Waals surface area contributed by atoms with Crippen LogP contribution in [0.1, 0.15) is 28.9 Å². The summed E-state index contributed by atoms with van der Waals surface area (Å²) in [5.74, 6) is 0.272. The van der Waals surface area contributed by atoms with Crippen molar-refractivity contribution in [1.82, 2.24) is 4.98 Å². The minimum Gasteiger partial charge on any atom is -0.380 e. The van der Waals surface area contributed by atoms with Crippen LogP contribution < -0.4 is 10.2 Å². The number of amides is 1. The Morgan fingerprint density at radius 2 is 2.04 bits per heavy atom. The predicted molar refractivity (Wildman–Crippen MR) is 101 cm³/mol. The second kappa shape index (κ2) is 6.72. The molecule has 1 aromatic carbocycles. The maximum atomic E-state index is 12.9. The normalized spacial score (nSPS) is 21.2. The zero-order chi connectivity index (χ0) is 18.1. The third-order valence-electron chi connectivity index (χ3n) is 4.94. The highest BCUT2D eigenvalue weighted by molar-refractivity contribution is 7.91. The van der Waals surface area contributed by atoms with Crippen LogP contribution in [0.15, 0.2) is 42.6 Å². The van der Waals surface area contributed by atoms with Gasteiger partial charge < -0.3 is 10.2 Å². The number of pyridine rings is 1. The van der Waals surface area contributed by atoms with Crippen LogP contribution in [-0.4, -0.2) is 43.4 Å². The number of sulfone groups is 1. The van der Waals surface area contributed by atoms with Crippen molar-refractivity contribution in [2.75, 3.05) is 28.3 Å². The summed E-state index contributed by atoms with van der Waals surface area (Å²) in [5, 5.41) is 3.19. The third-order valence-corrected chi connectivity index (χ3v) is 6.71. The Bertz CT molecular complexity index is 925. The Morgan fingerprint density at radius 1 is 1.19 bits per heavy atom. The second-order valence-electron chi connectivity index (χ2n) is 6.87. The number of fused-ring (bicyclic) bond motifs is 1. The Morgan fingerprint density at radius 3 is 2.77 bits per heavy atom. The van der Waals surface area contributed by atoms with Crippen molar-refractivity contribution in [2.45, 2.75) is 25.3 Å². The molecule has 1 aromatic heterocycles. The molecule has 7 heteroatoms. The third kappa shape index (κ3) is 3.44. The molecule has 0 bridgehead atoms. The lowest BCUT2D eigenvalue weighted by Gasteiger charge is -2.29. The Kier molecular flexibility index (Phi) is 4.40. The van der Waals surface area contributed by atoms with E-state index in [0.29, 0.717) is 18.7 Å². The van der Waals surface area contributed by atoms with Gasteiger partial charge in [0.25, 0.3) is 5.91 Å². The smallest absolute Gasteiger partial charge is 0.276 e. The summed E-state index contributed by atoms with van der Waals surface area (Å²) in [7, 11) is -2.92. The lowest BCUT2D eigenvalue weighted by Crippen LogP contribution is -2.35. The number of nitrogens with zero attached hydrogens (tertiary/aromatic N) is 2. The summed E-state index contributed by atoms with van der Waals surface area (Å²) in [6, 6.07) is 11.4. The fourth-order valence-corrected chi connectivity index (χ4v) is 5.31. The molecule has 1 N–H and O–H groups in total. The molecular formula is C19H21N3O3S. The van der Waals surface area contributed by atoms with Gasteiger partial charge in [0.1, 0.15) is 5.69 Å². The van der Waals surface area contributed by atoms with E-state index >= 15 is 0 Å². The van der Waals surface area contributed by atoms with Gasteiger partial charge in [-0.3, -0.25) is 4.79 Å². The van der Waals surface area contributed by atoms with Gasteiger partial charge in [0.15, 0.2) is 9.84 Å². The van der Waals surface area contributed by atoms with Gasteiger partial charge in [-0.15, -0.1) is 0 Å². The van der Waals surface area contributed by atoms with Crippen LogP contribution in [0.2, 0.25) is 0 Å². The molecule has 2 aliphatic heterocycles. The number of aromatic nitrogens is 1. The van der Waals surface area contributed by atoms with Crippen molar-refractivity contribution in [2.24, 2.45) is 0 Å². The number of anilines is 2. The number of hydrogen-bond acceptors (Lipinski definition) is 5. The van der Waals surface area contributed by atoms with E-state index in [2.05, 4.69) is 16.4 Å². The molecule has 4 rings (SSSR count). The molecule has 0 aliphatic carbocycles. The molecule has 6 nitrogen and oxygen atoms in total. The maximum Gasteiger partial charge on any atom is 0.276 e. The molecule has 0 spiro atoms. The van der Waals surface area contributed by atoms with E-state index in [1.165, 1.54) is 5.56 Å². The SMILES string of the molecule is O=C(c1ccc(NC2CCS(=O)(=O)C2)cn1)N1CCCc2ccccc21. The lowest BCUT2D eigenvalue weighted by molar-refractivity contribution is 0.0980. The number of carbonyl (C=O) groups is 1. The standard InChI is InChI=1S/C19H21N3O3S/c23-19(22-10-3-5-14-4-1-2-6-18(14)22)17-8-7-15(12-20-17)21-16-9-11-26(24,25)13-16/h1-2,4,6-8,12,16,21H,3,5,9-11,13H2. The van der Waals surface area contributed by atoms with Crippen LogP contribution >= 0.6 is 0 Å². The summed E-state index contributed by atoms with van der Waals surface area (Å²) >= 11 is 0. The first-order valence-corrected chi connectivity index (χ1v) is 10.7. The van der Waals surface area contributed by atoms with Gasteiger partial charge in [0.2, 0.25) is 0 Å². The van der Waals surface area contributed by atoms with Crippen molar-refractivity contribution < 1.29 is 13.2 Å². The minimum atomic E-state index is -2.92. The highest BCUT2D eigenvalue weighted by Gasteiger charge is 2.28. The van der Waals surface area contributed by atoms with E-state index in [9.17, 15) is 13.2 Å². The Labute approximate surface area is 153 Å². The topological polar surface area (TPSA) is 79.4 Å². The van der Waals surface area contributed by atoms with Gasteiger partial charge in [-0.2, -0.15) is 0 Å². The summed E-state index contributed by atoms with van der Waals surface area (Å²) in [6.07, 6.45) is 4.14. The van der Waals surface area contributed by atoms with E-state index in [-0.39, 0.29) is 23.5 Å². The number of carbonyl (C=O) groups excluding carboxylic acids is 1. The fourth-order valence-electron chi connectivity index (χ4n) is 3.63. The average molecular weight is 371 g/mol. The molecule has 3 heterocycles. The number of aryl methyl sites for hydroxylation is 1. The summed E-state index contributed by atoms with van der Waals surface area (Å²) in [5.41, 5.74) is 3.28.